The van der Waals surface area contributed by atoms with E-state index < -0.39 is 0 Å². The van der Waals surface area contributed by atoms with Gasteiger partial charge in [-0.2, -0.15) is 0 Å². The summed E-state index contributed by atoms with van der Waals surface area (Å²) in [6.07, 6.45) is 0. The van der Waals surface area contributed by atoms with E-state index in [1.165, 1.54) is 58.8 Å². The lowest BCUT2D eigenvalue weighted by molar-refractivity contribution is 0.489. The molecule has 1 aliphatic heterocycles. The number of rotatable bonds is 6. The molecule has 0 fully saturated rings. The maximum Gasteiger partial charge on any atom is 0.159 e. The van der Waals surface area contributed by atoms with Crippen LogP contribution in [0.3, 0.4) is 0 Å². The zero-order valence-electron chi connectivity index (χ0n) is 33.1. The molecule has 11 aromatic rings. The fraction of sp³-hybridized carbons (Fsp3) is 0. The normalized spacial score (nSPS) is 11.7. The van der Waals surface area contributed by atoms with Crippen LogP contribution in [0.25, 0.3) is 86.6 Å². The minimum Gasteiger partial charge on any atom is -0.454 e. The third kappa shape index (κ3) is 6.09. The highest BCUT2D eigenvalue weighted by Gasteiger charge is 2.27. The number of hydrogen-bond acceptors (Lipinski definition) is 3. The van der Waals surface area contributed by atoms with Gasteiger partial charge in [0, 0.05) is 42.7 Å². The summed E-state index contributed by atoms with van der Waals surface area (Å²) >= 11 is 1.87. The average molecular weight is 796 g/mol. The zero-order valence-corrected chi connectivity index (χ0v) is 33.9. The summed E-state index contributed by atoms with van der Waals surface area (Å²) in [6, 6.07) is 81.0. The van der Waals surface area contributed by atoms with Gasteiger partial charge in [0.25, 0.3) is 0 Å². The lowest BCUT2D eigenvalue weighted by Gasteiger charge is -2.28. The first-order chi connectivity index (χ1) is 30.2. The SMILES string of the molecule is c1ccc(-c2ccc(N(c3ccc(-c4cccc5c4sc4ccccc45)cc3)c3cccc4c3Oc3ccc(-c5ccccc5)cc3-c3cc5ccccc5cc3-4)cc2)cc1. The molecule has 0 amide bonds. The number of fused-ring (bicyclic) bond motifs is 9. The fourth-order valence-corrected chi connectivity index (χ4v) is 10.3. The molecule has 2 nitrogen and oxygen atoms in total. The molecule has 2 heterocycles. The predicted octanol–water partition coefficient (Wildman–Crippen LogP) is 17.1. The van der Waals surface area contributed by atoms with Crippen LogP contribution in [0.15, 0.2) is 224 Å². The molecule has 1 aliphatic rings. The summed E-state index contributed by atoms with van der Waals surface area (Å²) in [7, 11) is 0. The van der Waals surface area contributed by atoms with Crippen LogP contribution in [-0.4, -0.2) is 0 Å². The quantitative estimate of drug-likeness (QED) is 0.166. The number of ether oxygens (including phenoxy) is 1. The molecule has 0 atom stereocenters. The largest absolute Gasteiger partial charge is 0.454 e. The van der Waals surface area contributed by atoms with Crippen molar-refractivity contribution in [2.45, 2.75) is 0 Å². The second-order valence-electron chi connectivity index (χ2n) is 15.7. The molecule has 61 heavy (non-hydrogen) atoms. The summed E-state index contributed by atoms with van der Waals surface area (Å²) in [4.78, 5) is 2.35. The summed E-state index contributed by atoms with van der Waals surface area (Å²) in [5, 5.41) is 5.00. The minimum atomic E-state index is 0.816. The van der Waals surface area contributed by atoms with Crippen LogP contribution in [0, 0.1) is 0 Å². The van der Waals surface area contributed by atoms with Gasteiger partial charge in [-0.1, -0.05) is 164 Å². The van der Waals surface area contributed by atoms with Gasteiger partial charge >= 0.3 is 0 Å². The number of anilines is 3. The standard InChI is InChI=1S/C58H37NOS/c1-3-13-38(14-4-1)40-25-30-45(31-26-40)59(46-32-27-41(28-33-46)47-20-11-22-50-48-19-9-10-24-56(48)61-58(47)50)54-23-12-21-49-51-35-42-17-7-8-18-43(42)36-52(51)53-37-44(39-15-5-2-6-16-39)29-34-55(53)60-57(49)54/h1-37H. The van der Waals surface area contributed by atoms with Crippen molar-refractivity contribution in [2.24, 2.45) is 0 Å². The maximum absolute atomic E-state index is 7.28. The third-order valence-electron chi connectivity index (χ3n) is 12.1. The molecule has 0 aliphatic carbocycles. The second kappa shape index (κ2) is 14.5. The molecule has 0 N–H and O–H groups in total. The van der Waals surface area contributed by atoms with Crippen molar-refractivity contribution in [3.05, 3.63) is 224 Å². The van der Waals surface area contributed by atoms with Gasteiger partial charge in [-0.3, -0.25) is 0 Å². The van der Waals surface area contributed by atoms with Crippen molar-refractivity contribution in [1.29, 1.82) is 0 Å². The molecule has 0 bridgehead atoms. The Morgan fingerprint density at radius 3 is 1.61 bits per heavy atom. The first-order valence-corrected chi connectivity index (χ1v) is 21.6. The van der Waals surface area contributed by atoms with Gasteiger partial charge in [-0.05, 0) is 116 Å². The molecule has 12 rings (SSSR count). The van der Waals surface area contributed by atoms with E-state index in [0.29, 0.717) is 0 Å². The van der Waals surface area contributed by atoms with Gasteiger partial charge < -0.3 is 9.64 Å². The molecular formula is C58H37NOS. The molecule has 10 aromatic carbocycles. The predicted molar refractivity (Wildman–Crippen MR) is 259 cm³/mol. The number of hydrogen-bond donors (Lipinski definition) is 0. The Morgan fingerprint density at radius 2 is 0.885 bits per heavy atom. The van der Waals surface area contributed by atoms with Crippen LogP contribution in [0.5, 0.6) is 11.5 Å². The fourth-order valence-electron chi connectivity index (χ4n) is 9.08. The Morgan fingerprint density at radius 1 is 0.344 bits per heavy atom. The van der Waals surface area contributed by atoms with E-state index in [4.69, 9.17) is 4.74 Å². The minimum absolute atomic E-state index is 0.816. The van der Waals surface area contributed by atoms with Gasteiger partial charge in [-0.25, -0.2) is 0 Å². The molecule has 286 valence electrons. The van der Waals surface area contributed by atoms with E-state index in [0.717, 1.165) is 56.4 Å². The van der Waals surface area contributed by atoms with E-state index in [2.05, 4.69) is 229 Å². The number of nitrogens with zero attached hydrogens (tertiary/aromatic N) is 1. The van der Waals surface area contributed by atoms with E-state index in [1.54, 1.807) is 0 Å². The summed E-state index contributed by atoms with van der Waals surface area (Å²) in [5.41, 5.74) is 14.6. The lowest BCUT2D eigenvalue weighted by atomic mass is 9.90. The van der Waals surface area contributed by atoms with E-state index in [1.807, 2.05) is 11.3 Å². The monoisotopic (exact) mass is 795 g/mol. The van der Waals surface area contributed by atoms with Crippen molar-refractivity contribution >= 4 is 59.3 Å². The number of benzene rings is 10. The highest BCUT2D eigenvalue weighted by Crippen LogP contribution is 2.54. The first kappa shape index (κ1) is 35.2. The van der Waals surface area contributed by atoms with Crippen molar-refractivity contribution in [1.82, 2.24) is 0 Å². The molecular weight excluding hydrogens is 759 g/mol. The Balaban J connectivity index is 1.05. The van der Waals surface area contributed by atoms with E-state index in [-0.39, 0.29) is 0 Å². The first-order valence-electron chi connectivity index (χ1n) is 20.7. The van der Waals surface area contributed by atoms with Crippen LogP contribution in [0.2, 0.25) is 0 Å². The zero-order chi connectivity index (χ0) is 40.3. The van der Waals surface area contributed by atoms with Gasteiger partial charge in [0.1, 0.15) is 5.75 Å². The Bertz CT molecular complexity index is 3420. The molecule has 0 saturated heterocycles. The van der Waals surface area contributed by atoms with Crippen molar-refractivity contribution in [2.75, 3.05) is 4.90 Å². The molecule has 0 spiro atoms. The molecule has 0 radical (unpaired) electrons. The van der Waals surface area contributed by atoms with Crippen LogP contribution in [-0.2, 0) is 0 Å². The summed E-state index contributed by atoms with van der Waals surface area (Å²) in [5.74, 6) is 1.64. The highest BCUT2D eigenvalue weighted by atomic mass is 32.1. The second-order valence-corrected chi connectivity index (χ2v) is 16.7. The lowest BCUT2D eigenvalue weighted by Crippen LogP contribution is -2.11. The number of thiophene rings is 1. The van der Waals surface area contributed by atoms with Crippen molar-refractivity contribution in [3.63, 3.8) is 0 Å². The Hall–Kier alpha value is -7.72. The number of para-hydroxylation sites is 1. The van der Waals surface area contributed by atoms with E-state index >= 15 is 0 Å². The third-order valence-corrected chi connectivity index (χ3v) is 13.3. The van der Waals surface area contributed by atoms with Crippen molar-refractivity contribution in [3.8, 4) is 67.1 Å². The van der Waals surface area contributed by atoms with Crippen molar-refractivity contribution < 1.29 is 4.74 Å². The Labute approximate surface area is 358 Å². The van der Waals surface area contributed by atoms with E-state index in [9.17, 15) is 0 Å². The molecule has 0 unspecified atom stereocenters. The van der Waals surface area contributed by atoms with Crippen LogP contribution in [0.1, 0.15) is 0 Å². The van der Waals surface area contributed by atoms with Crippen LogP contribution >= 0.6 is 11.3 Å². The molecule has 0 saturated carbocycles. The summed E-state index contributed by atoms with van der Waals surface area (Å²) in [6.45, 7) is 0. The molecule has 1 aromatic heterocycles. The van der Waals surface area contributed by atoms with Gasteiger partial charge in [0.2, 0.25) is 0 Å². The highest BCUT2D eigenvalue weighted by molar-refractivity contribution is 7.26. The smallest absolute Gasteiger partial charge is 0.159 e. The average Bonchev–Trinajstić information content (AvgIpc) is 3.66. The van der Waals surface area contributed by atoms with Gasteiger partial charge in [0.05, 0.1) is 5.69 Å². The summed E-state index contributed by atoms with van der Waals surface area (Å²) < 4.78 is 9.90. The Kier molecular flexibility index (Phi) is 8.39. The van der Waals surface area contributed by atoms with Gasteiger partial charge in [-0.15, -0.1) is 11.3 Å². The van der Waals surface area contributed by atoms with Gasteiger partial charge in [0.15, 0.2) is 5.75 Å². The molecule has 3 heteroatoms. The van der Waals surface area contributed by atoms with Crippen LogP contribution < -0.4 is 9.64 Å². The topological polar surface area (TPSA) is 12.5 Å². The maximum atomic E-state index is 7.28. The van der Waals surface area contributed by atoms with Crippen LogP contribution in [0.4, 0.5) is 17.1 Å².